The highest BCUT2D eigenvalue weighted by atomic mass is 16.3. The summed E-state index contributed by atoms with van der Waals surface area (Å²) in [4.78, 5) is 14.0. The lowest BCUT2D eigenvalue weighted by atomic mass is 9.77. The first-order valence-electron chi connectivity index (χ1n) is 28.8. The van der Waals surface area contributed by atoms with E-state index in [1.54, 1.807) is 82.6 Å². The molecule has 4 heterocycles. The van der Waals surface area contributed by atoms with Gasteiger partial charge in [-0.25, -0.2) is 0 Å². The van der Waals surface area contributed by atoms with Crippen LogP contribution in [-0.2, 0) is 36.3 Å². The molecule has 0 N–H and O–H groups in total. The number of para-hydroxylation sites is 1. The minimum Gasteiger partial charge on any atom is -0.455 e. The van der Waals surface area contributed by atoms with Crippen molar-refractivity contribution < 1.29 is 23.6 Å². The van der Waals surface area contributed by atoms with Crippen LogP contribution in [0, 0.1) is 11.3 Å². The first-order chi connectivity index (χ1) is 38.2. The van der Waals surface area contributed by atoms with Crippen LogP contribution in [0.4, 0.5) is 0 Å². The number of rotatable bonds is 13. The Morgan fingerprint density at radius 2 is 1.07 bits per heavy atom. The summed E-state index contributed by atoms with van der Waals surface area (Å²) in [6.07, 6.45) is -6.23. The number of aryl methyl sites for hydroxylation is 2. The van der Waals surface area contributed by atoms with Crippen LogP contribution in [0.15, 0.2) is 199 Å². The Balaban J connectivity index is 1.07. The quantitative estimate of drug-likeness (QED) is 0.115. The van der Waals surface area contributed by atoms with Gasteiger partial charge in [-0.15, -0.1) is 0 Å². The Morgan fingerprint density at radius 3 is 1.63 bits per heavy atom. The van der Waals surface area contributed by atoms with E-state index < -0.39 is 66.5 Å². The molecule has 0 aliphatic heterocycles. The normalized spacial score (nSPS) is 15.7. The van der Waals surface area contributed by atoms with Gasteiger partial charge < -0.3 is 4.42 Å². The fraction of sp³-hybridized carbons (Fsp3) is 0.161. The maximum atomic E-state index is 10.3. The Morgan fingerprint density at radius 1 is 0.522 bits per heavy atom. The first kappa shape index (κ1) is 29.6. The van der Waals surface area contributed by atoms with Gasteiger partial charge in [0.25, 0.3) is 0 Å². The Labute approximate surface area is 413 Å². The average Bonchev–Trinajstić information content (AvgIpc) is 4.12. The van der Waals surface area contributed by atoms with Crippen molar-refractivity contribution in [3.05, 3.63) is 233 Å². The second kappa shape index (κ2) is 18.1. The van der Waals surface area contributed by atoms with Crippen molar-refractivity contribution >= 4 is 21.9 Å². The molecule has 0 unspecified atom stereocenters. The number of furan rings is 1. The standard InChI is InChI=1S/C62H52N4O/c1-61(2,50-27-31-55(65-40-50)46-15-8-5-9-16-46)36-44-33-43(34-45(35-44)37-62(3,4)51-28-32-56(66-41-51)47-17-10-6-11-18-47)24-23-42-25-30-57(64-39-42)54-22-14-21-52-53-29-26-49(38-63)58(60(53)67-59(52)54)48-19-12-7-13-20-48/h5-22,25-35,39-41H,23-24,36-37H2,1-4H3/i7D,12D,13D,19D,20D,23D2,24D2,26D,36D2,37D2. The number of nitriles is 1. The van der Waals surface area contributed by atoms with Crippen molar-refractivity contribution in [1.82, 2.24) is 15.0 Å². The van der Waals surface area contributed by atoms with E-state index in [1.165, 1.54) is 42.6 Å². The van der Waals surface area contributed by atoms with Crippen LogP contribution in [0.1, 0.15) is 85.8 Å². The minimum absolute atomic E-state index is 0.0120. The molecule has 0 saturated heterocycles. The first-order valence-corrected chi connectivity index (χ1v) is 21.8. The van der Waals surface area contributed by atoms with E-state index in [0.29, 0.717) is 38.9 Å². The van der Waals surface area contributed by atoms with Crippen LogP contribution in [0.5, 0.6) is 0 Å². The Hall–Kier alpha value is -7.94. The highest BCUT2D eigenvalue weighted by Gasteiger charge is 2.26. The van der Waals surface area contributed by atoms with Gasteiger partial charge in [0, 0.05) is 62.6 Å². The molecule has 0 atom stereocenters. The van der Waals surface area contributed by atoms with Crippen LogP contribution in [0.25, 0.3) is 66.8 Å². The van der Waals surface area contributed by atoms with Gasteiger partial charge in [-0.05, 0) is 112 Å². The van der Waals surface area contributed by atoms with E-state index in [9.17, 15) is 16.2 Å². The van der Waals surface area contributed by atoms with Crippen molar-refractivity contribution in [3.63, 3.8) is 0 Å². The molecule has 0 bridgehead atoms. The fourth-order valence-corrected chi connectivity index (χ4v) is 8.27. The van der Waals surface area contributed by atoms with Gasteiger partial charge in [0.05, 0.1) is 36.9 Å². The highest BCUT2D eigenvalue weighted by molar-refractivity contribution is 6.13. The third-order valence-electron chi connectivity index (χ3n) is 11.8. The molecule has 5 heteroatoms. The molecular formula is C62H52N4O. The van der Waals surface area contributed by atoms with E-state index in [2.05, 4.69) is 15.0 Å². The number of nitrogens with zero attached hydrogens (tertiary/aromatic N) is 4. The maximum Gasteiger partial charge on any atom is 0.144 e. The second-order valence-electron chi connectivity index (χ2n) is 17.3. The minimum atomic E-state index is -2.98. The van der Waals surface area contributed by atoms with Gasteiger partial charge in [0.1, 0.15) is 11.2 Å². The molecule has 0 amide bonds. The number of benzene rings is 6. The molecule has 67 heavy (non-hydrogen) atoms. The Kier molecular flexibility index (Phi) is 8.01. The van der Waals surface area contributed by atoms with Gasteiger partial charge in [-0.2, -0.15) is 5.26 Å². The van der Waals surface area contributed by atoms with Gasteiger partial charge in [0.2, 0.25) is 0 Å². The van der Waals surface area contributed by atoms with Crippen LogP contribution >= 0.6 is 0 Å². The van der Waals surface area contributed by atoms with E-state index >= 15 is 0 Å². The third-order valence-corrected chi connectivity index (χ3v) is 11.8. The van der Waals surface area contributed by atoms with E-state index in [4.69, 9.17) is 12.6 Å². The van der Waals surface area contributed by atoms with E-state index in [0.717, 1.165) is 11.1 Å². The summed E-state index contributed by atoms with van der Waals surface area (Å²) in [5.74, 6) is 0. The largest absolute Gasteiger partial charge is 0.455 e. The number of hydrogen-bond acceptors (Lipinski definition) is 5. The fourth-order valence-electron chi connectivity index (χ4n) is 8.27. The highest BCUT2D eigenvalue weighted by Crippen LogP contribution is 2.41. The lowest BCUT2D eigenvalue weighted by Crippen LogP contribution is -2.23. The second-order valence-corrected chi connectivity index (χ2v) is 17.3. The van der Waals surface area contributed by atoms with Crippen molar-refractivity contribution in [3.8, 4) is 51.0 Å². The number of hydrogen-bond donors (Lipinski definition) is 0. The summed E-state index contributed by atoms with van der Waals surface area (Å²) in [7, 11) is 0. The van der Waals surface area contributed by atoms with Gasteiger partial charge in [0.15, 0.2) is 0 Å². The average molecular weight is 883 g/mol. The molecule has 0 fully saturated rings. The van der Waals surface area contributed by atoms with Gasteiger partial charge in [-0.3, -0.25) is 15.0 Å². The molecule has 10 rings (SSSR count). The molecule has 0 aliphatic rings. The molecule has 10 aromatic rings. The summed E-state index contributed by atoms with van der Waals surface area (Å²) >= 11 is 0. The molecular weight excluding hydrogens is 817 g/mol. The van der Waals surface area contributed by atoms with E-state index in [-0.39, 0.29) is 61.8 Å². The molecule has 4 aromatic heterocycles. The molecule has 0 radical (unpaired) electrons. The molecule has 5 nitrogen and oxygen atoms in total. The maximum absolute atomic E-state index is 10.3. The zero-order chi connectivity index (χ0) is 58.4. The topological polar surface area (TPSA) is 75.6 Å². The summed E-state index contributed by atoms with van der Waals surface area (Å²) < 4.78 is 136. The number of aromatic nitrogens is 3. The smallest absolute Gasteiger partial charge is 0.144 e. The van der Waals surface area contributed by atoms with E-state index in [1.807, 2.05) is 66.7 Å². The lowest BCUT2D eigenvalue weighted by Gasteiger charge is -2.28. The van der Waals surface area contributed by atoms with Gasteiger partial charge in [-0.1, -0.05) is 167 Å². The van der Waals surface area contributed by atoms with Crippen LogP contribution in [-0.4, -0.2) is 15.0 Å². The third kappa shape index (κ3) is 9.04. The predicted molar refractivity (Wildman–Crippen MR) is 274 cm³/mol. The molecule has 0 aliphatic carbocycles. The number of pyridine rings is 3. The van der Waals surface area contributed by atoms with Crippen LogP contribution in [0.3, 0.4) is 0 Å². The SMILES string of the molecule is [2H]c1cc2c(oc3c(-c4ccc(C([2H])([2H])C([2H])([2H])c5cc(C([2H])([2H])C(C)(C)c6ccc(-c7ccccc7)nc6)cc(C([2H])([2H])C(C)(C)c6ccc(-c7ccccc7)nc6)c5)cn4)cccc32)c(-c2c([2H])c([2H])c([2H])c([2H])c2[2H])c1C#N. The van der Waals surface area contributed by atoms with Crippen molar-refractivity contribution in [2.24, 2.45) is 0 Å². The lowest BCUT2D eigenvalue weighted by molar-refractivity contribution is 0.512. The molecule has 0 spiro atoms. The number of fused-ring (bicyclic) bond motifs is 3. The van der Waals surface area contributed by atoms with Crippen LogP contribution in [0.2, 0.25) is 0 Å². The predicted octanol–water partition coefficient (Wildman–Crippen LogP) is 15.1. The molecule has 326 valence electrons. The molecule has 6 aromatic carbocycles. The zero-order valence-corrected chi connectivity index (χ0v) is 37.2. The Bertz CT molecular complexity index is 3970. The molecule has 0 saturated carbocycles. The summed E-state index contributed by atoms with van der Waals surface area (Å²) in [5.41, 5.74) is 0.692. The summed E-state index contributed by atoms with van der Waals surface area (Å²) in [5, 5.41) is 11.0. The van der Waals surface area contributed by atoms with Crippen LogP contribution < -0.4 is 0 Å². The van der Waals surface area contributed by atoms with Gasteiger partial charge >= 0.3 is 0 Å². The van der Waals surface area contributed by atoms with Crippen molar-refractivity contribution in [1.29, 1.82) is 5.26 Å². The summed E-state index contributed by atoms with van der Waals surface area (Å²) in [6.45, 7) is 6.78. The zero-order valence-electron chi connectivity index (χ0n) is 51.2. The monoisotopic (exact) mass is 883 g/mol. The van der Waals surface area contributed by atoms with Crippen molar-refractivity contribution in [2.75, 3.05) is 0 Å². The summed E-state index contributed by atoms with van der Waals surface area (Å²) in [6, 6.07) is 38.0. The van der Waals surface area contributed by atoms with Crippen molar-refractivity contribution in [2.45, 2.75) is 64.0 Å².